The number of rotatable bonds is 5. The van der Waals surface area contributed by atoms with E-state index >= 15 is 0 Å². The molecule has 0 spiro atoms. The molecule has 1 unspecified atom stereocenters. The van der Waals surface area contributed by atoms with Gasteiger partial charge in [0.15, 0.2) is 11.4 Å². The number of carbonyl (C=O) groups is 4. The number of aliphatic hydroxyl groups is 3. The first-order chi connectivity index (χ1) is 16.8. The van der Waals surface area contributed by atoms with Crippen LogP contribution in [0.15, 0.2) is 28.7 Å². The third-order valence-electron chi connectivity index (χ3n) is 7.08. The Balaban J connectivity index is 1.79. The predicted molar refractivity (Wildman–Crippen MR) is 122 cm³/mol. The zero-order chi connectivity index (χ0) is 26.7. The summed E-state index contributed by atoms with van der Waals surface area (Å²) in [6.45, 7) is 0.578. The monoisotopic (exact) mass is 503 g/mol. The molecule has 1 aromatic carbocycles. The van der Waals surface area contributed by atoms with Crippen molar-refractivity contribution in [1.29, 1.82) is 0 Å². The largest absolute Gasteiger partial charge is 0.511 e. The van der Waals surface area contributed by atoms with E-state index in [1.54, 1.807) is 19.0 Å². The molecule has 2 amide bonds. The lowest BCUT2D eigenvalue weighted by atomic mass is 9.60. The van der Waals surface area contributed by atoms with Gasteiger partial charge in [-0.25, -0.2) is 4.39 Å². The minimum atomic E-state index is -2.70. The van der Waals surface area contributed by atoms with E-state index in [0.717, 1.165) is 6.07 Å². The molecule has 0 aliphatic heterocycles. The van der Waals surface area contributed by atoms with Crippen molar-refractivity contribution in [2.24, 2.45) is 17.6 Å². The van der Waals surface area contributed by atoms with E-state index in [1.165, 1.54) is 0 Å². The van der Waals surface area contributed by atoms with E-state index in [2.05, 4.69) is 5.32 Å². The number of aliphatic hydroxyl groups excluding tert-OH is 2. The Hall–Kier alpha value is -3.77. The number of nitrogens with two attached hydrogens (primary N) is 1. The number of primary amides is 1. The molecule has 7 N–H and O–H groups in total. The number of ketones is 2. The Morgan fingerprint density at radius 2 is 1.89 bits per heavy atom. The number of amides is 2. The number of phenols is 1. The van der Waals surface area contributed by atoms with Gasteiger partial charge in [0.1, 0.15) is 34.2 Å². The predicted octanol–water partition coefficient (Wildman–Crippen LogP) is 0.0110. The SMILES string of the molecule is CN(C)CCNC(=O)c1c(F)cc2c(c1O)C(=O)C1=C(O)[C@]3(O)C(=O)C(C(N)=O)=C(O)C[C@@H]3CC1C2. The number of likely N-dealkylation sites (N-methyl/N-ethyl adjacent to an activating group) is 1. The lowest BCUT2D eigenvalue weighted by molar-refractivity contribution is -0.144. The average molecular weight is 503 g/mol. The second-order valence-electron chi connectivity index (χ2n) is 9.59. The van der Waals surface area contributed by atoms with Gasteiger partial charge in [-0.15, -0.1) is 0 Å². The molecule has 4 rings (SSSR count). The fraction of sp³-hybridized carbons (Fsp3) is 0.417. The van der Waals surface area contributed by atoms with Gasteiger partial charge in [0, 0.05) is 31.0 Å². The van der Waals surface area contributed by atoms with Crippen LogP contribution >= 0.6 is 0 Å². The molecule has 1 aromatic rings. The van der Waals surface area contributed by atoms with Crippen molar-refractivity contribution in [3.8, 4) is 5.75 Å². The smallest absolute Gasteiger partial charge is 0.258 e. The molecular formula is C24H26FN3O8. The van der Waals surface area contributed by atoms with Gasteiger partial charge >= 0.3 is 0 Å². The summed E-state index contributed by atoms with van der Waals surface area (Å²) >= 11 is 0. The number of aromatic hydroxyl groups is 1. The molecule has 0 saturated carbocycles. The molecule has 3 aliphatic rings. The van der Waals surface area contributed by atoms with Crippen LogP contribution in [0.2, 0.25) is 0 Å². The summed E-state index contributed by atoms with van der Waals surface area (Å²) in [4.78, 5) is 52.4. The van der Waals surface area contributed by atoms with Crippen LogP contribution in [0.4, 0.5) is 4.39 Å². The maximum atomic E-state index is 14.9. The number of benzene rings is 1. The maximum Gasteiger partial charge on any atom is 0.258 e. The second kappa shape index (κ2) is 8.71. The van der Waals surface area contributed by atoms with E-state index in [0.29, 0.717) is 6.54 Å². The van der Waals surface area contributed by atoms with Crippen LogP contribution in [0.5, 0.6) is 5.75 Å². The highest BCUT2D eigenvalue weighted by atomic mass is 19.1. The summed E-state index contributed by atoms with van der Waals surface area (Å²) in [6.07, 6.45) is -0.486. The number of Topliss-reactive ketones (excluding diaryl/α,β-unsaturated/α-hetero) is 2. The van der Waals surface area contributed by atoms with Crippen LogP contribution in [0, 0.1) is 17.7 Å². The van der Waals surface area contributed by atoms with Crippen molar-refractivity contribution in [2.75, 3.05) is 27.2 Å². The molecule has 36 heavy (non-hydrogen) atoms. The van der Waals surface area contributed by atoms with E-state index < -0.39 is 80.6 Å². The van der Waals surface area contributed by atoms with Gasteiger partial charge in [0.05, 0.1) is 5.56 Å². The molecule has 0 saturated heterocycles. The van der Waals surface area contributed by atoms with Crippen molar-refractivity contribution in [1.82, 2.24) is 10.2 Å². The zero-order valence-electron chi connectivity index (χ0n) is 19.6. The van der Waals surface area contributed by atoms with Crippen LogP contribution in [0.3, 0.4) is 0 Å². The summed E-state index contributed by atoms with van der Waals surface area (Å²) in [6, 6.07) is 0.969. The lowest BCUT2D eigenvalue weighted by Crippen LogP contribution is -2.57. The molecule has 11 nitrogen and oxygen atoms in total. The number of hydrogen-bond acceptors (Lipinski definition) is 9. The third kappa shape index (κ3) is 3.64. The van der Waals surface area contributed by atoms with Crippen LogP contribution < -0.4 is 11.1 Å². The highest BCUT2D eigenvalue weighted by Gasteiger charge is 2.59. The first-order valence-electron chi connectivity index (χ1n) is 11.2. The fourth-order valence-electron chi connectivity index (χ4n) is 5.34. The van der Waals surface area contributed by atoms with Gasteiger partial charge in [-0.05, 0) is 44.5 Å². The number of fused-ring (bicyclic) bond motifs is 3. The molecule has 0 fully saturated rings. The van der Waals surface area contributed by atoms with Crippen molar-refractivity contribution < 1.29 is 44.0 Å². The highest BCUT2D eigenvalue weighted by molar-refractivity contribution is 6.24. The van der Waals surface area contributed by atoms with Crippen molar-refractivity contribution >= 4 is 23.4 Å². The normalized spacial score (nSPS) is 25.5. The van der Waals surface area contributed by atoms with Gasteiger partial charge in [-0.3, -0.25) is 19.2 Å². The first kappa shape index (κ1) is 25.3. The number of allylic oxidation sites excluding steroid dienone is 2. The summed E-state index contributed by atoms with van der Waals surface area (Å²) in [7, 11) is 3.53. The lowest BCUT2D eigenvalue weighted by Gasteiger charge is -2.45. The van der Waals surface area contributed by atoms with Crippen molar-refractivity contribution in [3.63, 3.8) is 0 Å². The minimum Gasteiger partial charge on any atom is -0.511 e. The molecule has 192 valence electrons. The molecule has 0 bridgehead atoms. The topological polar surface area (TPSA) is 190 Å². The molecular weight excluding hydrogens is 477 g/mol. The number of phenolic OH excluding ortho intramolecular Hbond substituents is 1. The summed E-state index contributed by atoms with van der Waals surface area (Å²) < 4.78 is 14.9. The Bertz CT molecular complexity index is 1280. The Morgan fingerprint density at radius 3 is 2.50 bits per heavy atom. The molecule has 3 atom stereocenters. The number of carbonyl (C=O) groups excluding carboxylic acids is 4. The number of nitrogens with zero attached hydrogens (tertiary/aromatic N) is 1. The fourth-order valence-corrected chi connectivity index (χ4v) is 5.34. The molecule has 3 aliphatic carbocycles. The van der Waals surface area contributed by atoms with Gasteiger partial charge in [-0.2, -0.15) is 0 Å². The van der Waals surface area contributed by atoms with E-state index in [-0.39, 0.29) is 36.9 Å². The van der Waals surface area contributed by atoms with Crippen LogP contribution in [0.25, 0.3) is 0 Å². The van der Waals surface area contributed by atoms with Crippen LogP contribution in [-0.2, 0) is 16.0 Å². The molecule has 0 heterocycles. The standard InChI is InChI=1S/C24H26FN3O8/c1-28(2)4-3-27-23(35)16-12(25)7-10-5-9-6-11-8-13(29)17(22(26)34)21(33)24(11,36)20(32)15(9)18(30)14(10)19(16)31/h7,9,11,29,31-32,36H,3-6,8H2,1-2H3,(H2,26,34)(H,27,35)/t9?,11-,24-/m0/s1. The highest BCUT2D eigenvalue weighted by Crippen LogP contribution is 2.51. The van der Waals surface area contributed by atoms with E-state index in [9.17, 15) is 44.0 Å². The Kier molecular flexibility index (Phi) is 6.13. The molecule has 0 aromatic heterocycles. The second-order valence-corrected chi connectivity index (χ2v) is 9.59. The van der Waals surface area contributed by atoms with Crippen molar-refractivity contribution in [2.45, 2.75) is 24.9 Å². The quantitative estimate of drug-likeness (QED) is 0.301. The first-order valence-corrected chi connectivity index (χ1v) is 11.2. The number of halogens is 1. The summed E-state index contributed by atoms with van der Waals surface area (Å²) in [5.74, 6) is -10.1. The van der Waals surface area contributed by atoms with Crippen molar-refractivity contribution in [3.05, 3.63) is 51.2 Å². The maximum absolute atomic E-state index is 14.9. The summed E-state index contributed by atoms with van der Waals surface area (Å²) in [5.41, 5.74) is 0.127. The van der Waals surface area contributed by atoms with Gasteiger partial charge in [-0.1, -0.05) is 0 Å². The Labute approximate surface area is 204 Å². The summed E-state index contributed by atoms with van der Waals surface area (Å²) in [5, 5.41) is 45.6. The zero-order valence-corrected chi connectivity index (χ0v) is 19.6. The van der Waals surface area contributed by atoms with Crippen LogP contribution in [0.1, 0.15) is 39.1 Å². The van der Waals surface area contributed by atoms with Gasteiger partial charge in [0.25, 0.3) is 11.8 Å². The minimum absolute atomic E-state index is 0.0542. The van der Waals surface area contributed by atoms with Gasteiger partial charge in [0.2, 0.25) is 5.78 Å². The van der Waals surface area contributed by atoms with Gasteiger partial charge < -0.3 is 36.4 Å². The number of nitrogens with one attached hydrogen (secondary N) is 1. The molecule has 12 heteroatoms. The van der Waals surface area contributed by atoms with E-state index in [4.69, 9.17) is 5.73 Å². The van der Waals surface area contributed by atoms with E-state index in [1.807, 2.05) is 0 Å². The molecule has 0 radical (unpaired) electrons. The average Bonchev–Trinajstić information content (AvgIpc) is 2.75. The Morgan fingerprint density at radius 1 is 1.22 bits per heavy atom. The van der Waals surface area contributed by atoms with Crippen LogP contribution in [-0.4, -0.2) is 81.5 Å². The number of hydrogen-bond donors (Lipinski definition) is 6. The third-order valence-corrected chi connectivity index (χ3v) is 7.08.